The van der Waals surface area contributed by atoms with Gasteiger partial charge in [-0.25, -0.2) is 28.8 Å². The molecule has 0 radical (unpaired) electrons. The molecule has 114 heavy (non-hydrogen) atoms. The Labute approximate surface area is 668 Å². The largest absolute Gasteiger partial charge is 0.450 e. The number of benzene rings is 6. The summed E-state index contributed by atoms with van der Waals surface area (Å²) in [5.41, 5.74) is 1.80. The zero-order valence-electron chi connectivity index (χ0n) is 66.5. The maximum Gasteiger partial charge on any atom is 0.349 e. The summed E-state index contributed by atoms with van der Waals surface area (Å²) >= 11 is 0. The van der Waals surface area contributed by atoms with E-state index in [1.807, 2.05) is 149 Å². The Morgan fingerprint density at radius 1 is 0.228 bits per heavy atom. The number of carbonyl (C=O) groups excluding carboxylic acids is 6. The van der Waals surface area contributed by atoms with Gasteiger partial charge in [0.05, 0.1) is 0 Å². The van der Waals surface area contributed by atoms with Crippen molar-refractivity contribution in [1.82, 2.24) is 0 Å². The fraction of sp³-hybridized carbons (Fsp3) is 0.333. The van der Waals surface area contributed by atoms with Crippen molar-refractivity contribution in [1.29, 1.82) is 31.6 Å². The molecule has 0 N–H and O–H groups in total. The van der Waals surface area contributed by atoms with Crippen LogP contribution >= 0.6 is 0 Å². The van der Waals surface area contributed by atoms with E-state index in [0.29, 0.717) is 78.5 Å². The van der Waals surface area contributed by atoms with Crippen LogP contribution in [0.5, 0.6) is 0 Å². The number of nitrogens with zero attached hydrogens (tertiary/aromatic N) is 12. The molecule has 0 atom stereocenters. The van der Waals surface area contributed by atoms with E-state index in [9.17, 15) is 31.6 Å². The summed E-state index contributed by atoms with van der Waals surface area (Å²) in [4.78, 5) is 105. The highest BCUT2D eigenvalue weighted by Crippen LogP contribution is 2.38. The lowest BCUT2D eigenvalue weighted by Gasteiger charge is -2.47. The Morgan fingerprint density at radius 3 is 0.421 bits per heavy atom. The van der Waals surface area contributed by atoms with E-state index in [1.165, 1.54) is 0 Å². The second-order valence-corrected chi connectivity index (χ2v) is 25.8. The van der Waals surface area contributed by atoms with E-state index >= 15 is 28.8 Å². The first-order valence-electron chi connectivity index (χ1n) is 38.2. The number of esters is 6. The van der Waals surface area contributed by atoms with Gasteiger partial charge in [0.2, 0.25) is 0 Å². The molecule has 0 aromatic heterocycles. The maximum atomic E-state index is 15.5. The first-order valence-corrected chi connectivity index (χ1v) is 38.2. The lowest BCUT2D eigenvalue weighted by molar-refractivity contribution is -0.256. The fourth-order valence-corrected chi connectivity index (χ4v) is 13.1. The van der Waals surface area contributed by atoms with Crippen molar-refractivity contribution in [2.24, 2.45) is 0 Å². The van der Waals surface area contributed by atoms with Crippen LogP contribution in [-0.4, -0.2) is 151 Å². The quantitative estimate of drug-likeness (QED) is 0.0153. The van der Waals surface area contributed by atoms with Crippen molar-refractivity contribution in [3.8, 4) is 36.4 Å². The fourth-order valence-electron chi connectivity index (χ4n) is 13.1. The molecule has 1 saturated carbocycles. The van der Waals surface area contributed by atoms with Crippen molar-refractivity contribution in [3.63, 3.8) is 0 Å². The average Bonchev–Trinajstić information content (AvgIpc) is 0.748. The molecule has 0 spiro atoms. The molecule has 0 heterocycles. The number of anilines is 6. The van der Waals surface area contributed by atoms with Gasteiger partial charge in [-0.15, -0.1) is 0 Å². The normalized spacial score (nSPS) is 16.3. The third-order valence-corrected chi connectivity index (χ3v) is 19.4. The first-order chi connectivity index (χ1) is 55.1. The van der Waals surface area contributed by atoms with Gasteiger partial charge in [-0.2, -0.15) is 31.6 Å². The van der Waals surface area contributed by atoms with Crippen molar-refractivity contribution in [2.75, 3.05) is 108 Å². The minimum atomic E-state index is -2.63. The van der Waals surface area contributed by atoms with Crippen LogP contribution in [0, 0.1) is 68.0 Å². The molecule has 6 aromatic rings. The Kier molecular flexibility index (Phi) is 33.5. The second kappa shape index (κ2) is 43.6. The van der Waals surface area contributed by atoms with Crippen LogP contribution < -0.4 is 29.4 Å². The number of hydrogen-bond acceptors (Lipinski definition) is 24. The highest BCUT2D eigenvalue weighted by Gasteiger charge is 2.62. The monoisotopic (exact) mass is 1540 g/mol. The Hall–Kier alpha value is -13.7. The number of hydrogen-bond donors (Lipinski definition) is 0. The Balaban J connectivity index is 1.61. The molecule has 7 rings (SSSR count). The van der Waals surface area contributed by atoms with Crippen LogP contribution in [0.25, 0.3) is 36.5 Å². The highest BCUT2D eigenvalue weighted by molar-refractivity contribution is 6.02. The molecular weight excluding hydrogens is 1440 g/mol. The number of carbonyl (C=O) groups is 6. The van der Waals surface area contributed by atoms with Crippen molar-refractivity contribution < 1.29 is 57.2 Å². The topological polar surface area (TPSA) is 320 Å². The van der Waals surface area contributed by atoms with Gasteiger partial charge in [0.1, 0.15) is 69.9 Å². The van der Waals surface area contributed by atoms with Crippen molar-refractivity contribution in [3.05, 3.63) is 212 Å². The first kappa shape index (κ1) is 87.5. The summed E-state index contributed by atoms with van der Waals surface area (Å²) in [5, 5.41) is 66.3. The maximum absolute atomic E-state index is 15.5. The molecule has 0 amide bonds. The van der Waals surface area contributed by atoms with Gasteiger partial charge in [0, 0.05) is 113 Å². The SMILES string of the molecule is CCN(CC)c1ccc(/C=C(\C#N)C(=O)OC2C(OC(=O)/C(C#N)=C/c3ccc(N(CC)CC)cc3)C(OC(=O)/C(C#N)=C/c3ccc(N(CC)CC)cc3)C(OC(=O)/C(C#N)=C/c3ccc(N(CC)CC)cc3)C(OC(=O)/C(C#N)=C/c3ccc(N(CC)CC)cc3)C2OC(=O)/C(C#N)=C/c2ccc(N(CC)CC)cc2)cc1. The average molecular weight is 1540 g/mol. The van der Waals surface area contributed by atoms with Crippen LogP contribution in [0.3, 0.4) is 0 Å². The second-order valence-electron chi connectivity index (χ2n) is 25.8. The molecule has 24 nitrogen and oxygen atoms in total. The molecule has 24 heteroatoms. The van der Waals surface area contributed by atoms with Crippen LogP contribution in [0.15, 0.2) is 179 Å². The summed E-state index contributed by atoms with van der Waals surface area (Å²) in [7, 11) is 0. The standard InChI is InChI=1S/C90H96N12O12/c1-13-97(14-2)73-37-25-61(26-38-73)49-67(55-91)85(103)109-79-80(110-86(104)68(56-92)50-62-27-39-74(40-28-62)98(15-3)16-4)82(112-88(106)70(58-94)52-64-31-43-76(44-32-64)100(19-7)20-8)84(114-90(108)72(60-96)54-66-35-47-78(48-36-66)102(23-11)24-12)83(113-89(107)71(59-95)53-65-33-45-77(46-34-65)101(21-9)22-10)81(79)111-87(105)69(57-93)51-63-29-41-75(42-30-63)99(17-5)18-6/h25-54,79-84H,13-24H2,1-12H3/b67-49+,68-50+,69-51+,70-52+,71-53+,72-54+. The smallest absolute Gasteiger partial charge is 0.349 e. The summed E-state index contributed by atoms with van der Waals surface area (Å²) in [6.07, 6.45) is -8.88. The van der Waals surface area contributed by atoms with E-state index in [0.717, 1.165) is 70.6 Å². The molecule has 0 unspecified atom stereocenters. The molecule has 1 aliphatic rings. The van der Waals surface area contributed by atoms with Gasteiger partial charge in [0.25, 0.3) is 0 Å². The lowest BCUT2D eigenvalue weighted by Crippen LogP contribution is -2.69. The third kappa shape index (κ3) is 22.7. The zero-order valence-corrected chi connectivity index (χ0v) is 66.5. The van der Waals surface area contributed by atoms with E-state index < -0.39 is 106 Å². The minimum absolute atomic E-state index is 0.278. The Morgan fingerprint density at radius 2 is 0.333 bits per heavy atom. The van der Waals surface area contributed by atoms with Crippen LogP contribution in [0.4, 0.5) is 34.1 Å². The summed E-state index contributed by atoms with van der Waals surface area (Å²) < 4.78 is 38.3. The van der Waals surface area contributed by atoms with Crippen molar-refractivity contribution in [2.45, 2.75) is 120 Å². The van der Waals surface area contributed by atoms with E-state index in [1.54, 1.807) is 146 Å². The predicted octanol–water partition coefficient (Wildman–Crippen LogP) is 14.2. The molecule has 0 aliphatic heterocycles. The molecule has 1 fully saturated rings. The van der Waals surface area contributed by atoms with Gasteiger partial charge in [-0.3, -0.25) is 0 Å². The van der Waals surface area contributed by atoms with Gasteiger partial charge >= 0.3 is 35.8 Å². The van der Waals surface area contributed by atoms with Gasteiger partial charge in [-0.1, -0.05) is 72.8 Å². The number of ether oxygens (including phenoxy) is 6. The van der Waals surface area contributed by atoms with E-state index in [-0.39, 0.29) is 33.4 Å². The molecule has 1 aliphatic carbocycles. The minimum Gasteiger partial charge on any atom is -0.450 e. The highest BCUT2D eigenvalue weighted by atomic mass is 16.7. The van der Waals surface area contributed by atoms with Gasteiger partial charge in [-0.05, 0) is 226 Å². The summed E-state index contributed by atoms with van der Waals surface area (Å²) in [6.45, 7) is 31.2. The van der Waals surface area contributed by atoms with E-state index in [2.05, 4.69) is 0 Å². The molecule has 0 bridgehead atoms. The summed E-state index contributed by atoms with van der Waals surface area (Å²) in [5.74, 6) is -9.44. The van der Waals surface area contributed by atoms with Crippen LogP contribution in [-0.2, 0) is 57.2 Å². The van der Waals surface area contributed by atoms with Crippen molar-refractivity contribution >= 4 is 106 Å². The third-order valence-electron chi connectivity index (χ3n) is 19.4. The predicted molar refractivity (Wildman–Crippen MR) is 441 cm³/mol. The Bertz CT molecular complexity index is 3990. The number of rotatable bonds is 36. The van der Waals surface area contributed by atoms with Crippen LogP contribution in [0.2, 0.25) is 0 Å². The lowest BCUT2D eigenvalue weighted by atomic mass is 9.83. The van der Waals surface area contributed by atoms with Crippen LogP contribution in [0.1, 0.15) is 116 Å². The van der Waals surface area contributed by atoms with E-state index in [4.69, 9.17) is 28.4 Å². The zero-order chi connectivity index (χ0) is 83.0. The van der Waals surface area contributed by atoms with Gasteiger partial charge < -0.3 is 57.8 Å². The molecule has 588 valence electrons. The molecular formula is C90H96N12O12. The van der Waals surface area contributed by atoms with Gasteiger partial charge in [0.15, 0.2) is 36.6 Å². The molecule has 0 saturated heterocycles. The number of nitriles is 6. The molecule has 6 aromatic carbocycles. The summed E-state index contributed by atoms with van der Waals surface area (Å²) in [6, 6.07) is 51.3.